The van der Waals surface area contributed by atoms with Gasteiger partial charge in [0.25, 0.3) is 0 Å². The number of rotatable bonds is 6. The molecule has 0 aliphatic carbocycles. The summed E-state index contributed by atoms with van der Waals surface area (Å²) in [6.45, 7) is 2.28. The monoisotopic (exact) mass is 346 g/mol. The van der Waals surface area contributed by atoms with E-state index in [9.17, 15) is 0 Å². The van der Waals surface area contributed by atoms with Crippen LogP contribution in [0.4, 0.5) is 0 Å². The SMILES string of the molecule is CCCCCCc1cc[se]c1-c1ccc[se]1. The molecule has 2 aromatic rings. The molecule has 0 aromatic carbocycles. The van der Waals surface area contributed by atoms with Crippen LogP contribution in [0.3, 0.4) is 0 Å². The fourth-order valence-corrected chi connectivity index (χ4v) is 6.25. The summed E-state index contributed by atoms with van der Waals surface area (Å²) in [4.78, 5) is 4.73. The summed E-state index contributed by atoms with van der Waals surface area (Å²) in [5.41, 5.74) is 1.65. The van der Waals surface area contributed by atoms with Crippen LogP contribution in [-0.4, -0.2) is 29.0 Å². The average molecular weight is 344 g/mol. The summed E-state index contributed by atoms with van der Waals surface area (Å²) < 4.78 is 3.34. The van der Waals surface area contributed by atoms with Crippen molar-refractivity contribution in [2.75, 3.05) is 0 Å². The summed E-state index contributed by atoms with van der Waals surface area (Å²) in [5.74, 6) is 0. The fourth-order valence-electron chi connectivity index (χ4n) is 1.90. The normalized spacial score (nSPS) is 10.8. The van der Waals surface area contributed by atoms with Gasteiger partial charge in [0.15, 0.2) is 0 Å². The van der Waals surface area contributed by atoms with Crippen LogP contribution in [0, 0.1) is 0 Å². The van der Waals surface area contributed by atoms with Crippen LogP contribution < -0.4 is 0 Å². The quantitative estimate of drug-likeness (QED) is 0.555. The molecule has 0 spiro atoms. The molecule has 2 rings (SSSR count). The van der Waals surface area contributed by atoms with E-state index in [1.54, 1.807) is 14.4 Å². The molecule has 0 unspecified atom stereocenters. The second-order valence-corrected chi connectivity index (χ2v) is 7.97. The van der Waals surface area contributed by atoms with Crippen LogP contribution in [0.1, 0.15) is 38.2 Å². The Hall–Kier alpha value is -0.00104. The molecule has 0 aliphatic rings. The van der Waals surface area contributed by atoms with Gasteiger partial charge in [-0.3, -0.25) is 0 Å². The van der Waals surface area contributed by atoms with Gasteiger partial charge in [0, 0.05) is 0 Å². The Balaban J connectivity index is 1.97. The van der Waals surface area contributed by atoms with Gasteiger partial charge >= 0.3 is 111 Å². The molecule has 2 heterocycles. The molecule has 0 bridgehead atoms. The molecule has 0 radical (unpaired) electrons. The van der Waals surface area contributed by atoms with Gasteiger partial charge in [-0.2, -0.15) is 0 Å². The van der Waals surface area contributed by atoms with E-state index in [2.05, 4.69) is 35.0 Å². The predicted molar refractivity (Wildman–Crippen MR) is 73.6 cm³/mol. The van der Waals surface area contributed by atoms with E-state index in [1.165, 1.54) is 32.1 Å². The summed E-state index contributed by atoms with van der Waals surface area (Å²) in [6.07, 6.45) is 6.81. The maximum atomic E-state index is 2.40. The Morgan fingerprint density at radius 3 is 2.69 bits per heavy atom. The molecule has 0 N–H and O–H groups in total. The summed E-state index contributed by atoms with van der Waals surface area (Å²) in [5, 5.41) is 0. The zero-order valence-electron chi connectivity index (χ0n) is 9.74. The van der Waals surface area contributed by atoms with Crippen molar-refractivity contribution in [2.24, 2.45) is 0 Å². The first kappa shape index (κ1) is 12.5. The zero-order chi connectivity index (χ0) is 11.2. The Morgan fingerprint density at radius 2 is 1.94 bits per heavy atom. The molecule has 16 heavy (non-hydrogen) atoms. The van der Waals surface area contributed by atoms with Crippen LogP contribution in [-0.2, 0) is 6.42 Å². The molecule has 0 saturated heterocycles. The van der Waals surface area contributed by atoms with Crippen molar-refractivity contribution in [3.8, 4) is 8.87 Å². The van der Waals surface area contributed by atoms with E-state index in [0.717, 1.165) is 0 Å². The van der Waals surface area contributed by atoms with Crippen LogP contribution in [0.2, 0.25) is 0 Å². The molecule has 0 aliphatic heterocycles. The van der Waals surface area contributed by atoms with Crippen LogP contribution in [0.5, 0.6) is 0 Å². The van der Waals surface area contributed by atoms with Crippen molar-refractivity contribution < 1.29 is 0 Å². The van der Waals surface area contributed by atoms with Crippen molar-refractivity contribution in [1.29, 1.82) is 0 Å². The molecular formula is C14H18Se2. The van der Waals surface area contributed by atoms with E-state index >= 15 is 0 Å². The third-order valence-electron chi connectivity index (χ3n) is 2.79. The topological polar surface area (TPSA) is 0 Å². The van der Waals surface area contributed by atoms with Gasteiger partial charge in [-0.05, 0) is 0 Å². The first-order valence-corrected chi connectivity index (χ1v) is 9.71. The van der Waals surface area contributed by atoms with Crippen molar-refractivity contribution in [3.63, 3.8) is 0 Å². The first-order chi connectivity index (χ1) is 7.92. The number of unbranched alkanes of at least 4 members (excludes halogenated alkanes) is 3. The second-order valence-electron chi connectivity index (χ2n) is 4.06. The molecule has 86 valence electrons. The average Bonchev–Trinajstić information content (AvgIpc) is 2.94. The molecule has 2 heteroatoms. The minimum absolute atomic E-state index is 0.623. The van der Waals surface area contributed by atoms with Gasteiger partial charge in [0.1, 0.15) is 0 Å². The standard InChI is InChI=1S/C14H18Se2/c1-2-3-4-5-7-12-9-11-16-14(12)13-8-6-10-15-13/h6,8-11H,2-5,7H2,1H3. The number of hydrogen-bond donors (Lipinski definition) is 0. The van der Waals surface area contributed by atoms with Gasteiger partial charge in [-0.25, -0.2) is 0 Å². The Bertz CT molecular complexity index is 398. The Labute approximate surface area is 110 Å². The van der Waals surface area contributed by atoms with Gasteiger partial charge in [0.05, 0.1) is 0 Å². The molecule has 2 aromatic heterocycles. The molecule has 0 saturated carbocycles. The van der Waals surface area contributed by atoms with Crippen molar-refractivity contribution >= 4 is 29.0 Å². The van der Waals surface area contributed by atoms with Crippen molar-refractivity contribution in [1.82, 2.24) is 0 Å². The van der Waals surface area contributed by atoms with Crippen molar-refractivity contribution in [3.05, 3.63) is 33.6 Å². The Morgan fingerprint density at radius 1 is 1.00 bits per heavy atom. The van der Waals surface area contributed by atoms with E-state index in [-0.39, 0.29) is 0 Å². The molecule has 0 nitrogen and oxygen atoms in total. The molecule has 0 fully saturated rings. The van der Waals surface area contributed by atoms with E-state index < -0.39 is 0 Å². The molecule has 0 amide bonds. The van der Waals surface area contributed by atoms with Crippen LogP contribution >= 0.6 is 0 Å². The van der Waals surface area contributed by atoms with Gasteiger partial charge in [0.2, 0.25) is 0 Å². The van der Waals surface area contributed by atoms with Crippen LogP contribution in [0.25, 0.3) is 8.87 Å². The van der Waals surface area contributed by atoms with Crippen molar-refractivity contribution in [2.45, 2.75) is 39.0 Å². The third-order valence-corrected chi connectivity index (χ3v) is 7.39. The first-order valence-electron chi connectivity index (χ1n) is 6.02. The van der Waals surface area contributed by atoms with E-state index in [0.29, 0.717) is 29.0 Å². The fraction of sp³-hybridized carbons (Fsp3) is 0.429. The number of hydrogen-bond acceptors (Lipinski definition) is 0. The van der Waals surface area contributed by atoms with E-state index in [1.807, 2.05) is 0 Å². The number of aryl methyl sites for hydroxylation is 1. The van der Waals surface area contributed by atoms with Gasteiger partial charge in [-0.15, -0.1) is 0 Å². The predicted octanol–water partition coefficient (Wildman–Crippen LogP) is 3.59. The van der Waals surface area contributed by atoms with Gasteiger partial charge < -0.3 is 0 Å². The van der Waals surface area contributed by atoms with E-state index in [4.69, 9.17) is 0 Å². The van der Waals surface area contributed by atoms with Crippen LogP contribution in [0.15, 0.2) is 28.1 Å². The molecule has 0 atom stereocenters. The summed E-state index contributed by atoms with van der Waals surface area (Å²) in [6, 6.07) is 6.94. The Kier molecular flexibility index (Phi) is 5.19. The second kappa shape index (κ2) is 6.67. The summed E-state index contributed by atoms with van der Waals surface area (Å²) in [7, 11) is 0. The zero-order valence-corrected chi connectivity index (χ0v) is 13.2. The maximum absolute atomic E-state index is 2.40. The summed E-state index contributed by atoms with van der Waals surface area (Å²) >= 11 is 1.25. The van der Waals surface area contributed by atoms with Gasteiger partial charge in [-0.1, -0.05) is 0 Å². The minimum atomic E-state index is 0.623. The molecular weight excluding hydrogens is 326 g/mol. The third kappa shape index (κ3) is 3.25.